The fraction of sp³-hybridized carbons (Fsp3) is 0.625. The van der Waals surface area contributed by atoms with Crippen LogP contribution in [0.25, 0.3) is 0 Å². The van der Waals surface area contributed by atoms with Crippen molar-refractivity contribution in [2.24, 2.45) is 5.92 Å². The van der Waals surface area contributed by atoms with Crippen molar-refractivity contribution in [1.82, 2.24) is 5.32 Å². The molecular formula is C16H23F2N. The molecule has 1 N–H and O–H groups in total. The summed E-state index contributed by atoms with van der Waals surface area (Å²) >= 11 is 0. The van der Waals surface area contributed by atoms with Crippen molar-refractivity contribution < 1.29 is 8.78 Å². The van der Waals surface area contributed by atoms with Gasteiger partial charge in [0.15, 0.2) is 0 Å². The van der Waals surface area contributed by atoms with E-state index < -0.39 is 11.6 Å². The molecule has 1 fully saturated rings. The normalized spacial score (nSPS) is 17.9. The smallest absolute Gasteiger partial charge is 0.130 e. The molecule has 1 atom stereocenters. The predicted octanol–water partition coefficient (Wildman–Crippen LogP) is 4.50. The third-order valence-electron chi connectivity index (χ3n) is 4.34. The summed E-state index contributed by atoms with van der Waals surface area (Å²) in [7, 11) is 1.84. The van der Waals surface area contributed by atoms with Gasteiger partial charge in [-0.1, -0.05) is 25.7 Å². The Morgan fingerprint density at radius 3 is 2.53 bits per heavy atom. The molecule has 1 unspecified atom stereocenters. The van der Waals surface area contributed by atoms with Crippen LogP contribution in [0.1, 0.15) is 55.7 Å². The molecule has 1 saturated carbocycles. The zero-order valence-electron chi connectivity index (χ0n) is 11.8. The first-order valence-corrected chi connectivity index (χ1v) is 7.24. The molecule has 1 aromatic rings. The maximum Gasteiger partial charge on any atom is 0.130 e. The summed E-state index contributed by atoms with van der Waals surface area (Å²) in [6, 6.07) is 2.63. The van der Waals surface area contributed by atoms with Gasteiger partial charge in [0.1, 0.15) is 11.6 Å². The minimum atomic E-state index is -0.466. The Labute approximate surface area is 114 Å². The molecule has 19 heavy (non-hydrogen) atoms. The minimum absolute atomic E-state index is 0.0140. The fourth-order valence-corrected chi connectivity index (χ4v) is 3.10. The summed E-state index contributed by atoms with van der Waals surface area (Å²) in [6.45, 7) is 1.68. The average molecular weight is 267 g/mol. The first kappa shape index (κ1) is 14.4. The van der Waals surface area contributed by atoms with Gasteiger partial charge in [-0.2, -0.15) is 0 Å². The maximum atomic E-state index is 13.9. The Morgan fingerprint density at radius 1 is 1.21 bits per heavy atom. The van der Waals surface area contributed by atoms with Crippen molar-refractivity contribution in [2.45, 2.75) is 51.5 Å². The zero-order valence-corrected chi connectivity index (χ0v) is 11.8. The number of halogens is 2. The molecule has 0 spiro atoms. The molecule has 0 radical (unpaired) electrons. The molecule has 0 aromatic heterocycles. The third kappa shape index (κ3) is 3.53. The largest absolute Gasteiger partial charge is 0.313 e. The van der Waals surface area contributed by atoms with E-state index in [2.05, 4.69) is 5.32 Å². The molecule has 1 aliphatic carbocycles. The zero-order chi connectivity index (χ0) is 13.8. The summed E-state index contributed by atoms with van der Waals surface area (Å²) < 4.78 is 27.2. The van der Waals surface area contributed by atoms with Gasteiger partial charge >= 0.3 is 0 Å². The van der Waals surface area contributed by atoms with Crippen LogP contribution in [0.4, 0.5) is 8.78 Å². The van der Waals surface area contributed by atoms with E-state index in [4.69, 9.17) is 0 Å². The summed E-state index contributed by atoms with van der Waals surface area (Å²) in [6.07, 6.45) is 7.32. The Hall–Kier alpha value is -0.960. The first-order chi connectivity index (χ1) is 9.11. The maximum absolute atomic E-state index is 13.9. The predicted molar refractivity (Wildman–Crippen MR) is 74.1 cm³/mol. The van der Waals surface area contributed by atoms with E-state index in [0.29, 0.717) is 11.1 Å². The minimum Gasteiger partial charge on any atom is -0.313 e. The molecule has 0 amide bonds. The highest BCUT2D eigenvalue weighted by atomic mass is 19.1. The van der Waals surface area contributed by atoms with E-state index in [1.165, 1.54) is 25.7 Å². The van der Waals surface area contributed by atoms with Gasteiger partial charge in [-0.05, 0) is 44.4 Å². The molecule has 1 aliphatic rings. The summed E-state index contributed by atoms with van der Waals surface area (Å²) in [5.74, 6) is -0.110. The molecule has 3 heteroatoms. The SMILES string of the molecule is CNC(CCC1CCCC1)c1cc(C)c(F)cc1F. The summed E-state index contributed by atoms with van der Waals surface area (Å²) in [4.78, 5) is 0. The van der Waals surface area contributed by atoms with Crippen LogP contribution in [0.3, 0.4) is 0 Å². The van der Waals surface area contributed by atoms with Gasteiger partial charge in [-0.25, -0.2) is 8.78 Å². The fourth-order valence-electron chi connectivity index (χ4n) is 3.10. The van der Waals surface area contributed by atoms with Crippen molar-refractivity contribution >= 4 is 0 Å². The van der Waals surface area contributed by atoms with Gasteiger partial charge < -0.3 is 5.32 Å². The lowest BCUT2D eigenvalue weighted by Crippen LogP contribution is -2.19. The molecule has 0 aliphatic heterocycles. The van der Waals surface area contributed by atoms with E-state index in [-0.39, 0.29) is 6.04 Å². The second kappa shape index (κ2) is 6.47. The molecular weight excluding hydrogens is 244 g/mol. The number of nitrogens with one attached hydrogen (secondary N) is 1. The van der Waals surface area contributed by atoms with Crippen molar-refractivity contribution in [2.75, 3.05) is 7.05 Å². The van der Waals surface area contributed by atoms with Gasteiger partial charge in [0.2, 0.25) is 0 Å². The van der Waals surface area contributed by atoms with E-state index in [9.17, 15) is 8.78 Å². The lowest BCUT2D eigenvalue weighted by molar-refractivity contribution is 0.417. The third-order valence-corrected chi connectivity index (χ3v) is 4.34. The molecule has 1 nitrogen and oxygen atoms in total. The average Bonchev–Trinajstić information content (AvgIpc) is 2.89. The van der Waals surface area contributed by atoms with Crippen molar-refractivity contribution in [1.29, 1.82) is 0 Å². The van der Waals surface area contributed by atoms with Crippen molar-refractivity contribution in [3.05, 3.63) is 34.9 Å². The van der Waals surface area contributed by atoms with E-state index >= 15 is 0 Å². The number of hydrogen-bond donors (Lipinski definition) is 1. The quantitative estimate of drug-likeness (QED) is 0.828. The van der Waals surface area contributed by atoms with Crippen LogP contribution >= 0.6 is 0 Å². The second-order valence-electron chi connectivity index (χ2n) is 5.69. The van der Waals surface area contributed by atoms with Crippen LogP contribution in [0.2, 0.25) is 0 Å². The van der Waals surface area contributed by atoms with Crippen LogP contribution in [0, 0.1) is 24.5 Å². The van der Waals surface area contributed by atoms with Crippen LogP contribution in [-0.2, 0) is 0 Å². The summed E-state index contributed by atoms with van der Waals surface area (Å²) in [5.41, 5.74) is 1.11. The van der Waals surface area contributed by atoms with E-state index in [1.54, 1.807) is 13.0 Å². The number of hydrogen-bond acceptors (Lipinski definition) is 1. The number of rotatable bonds is 5. The van der Waals surface area contributed by atoms with Crippen LogP contribution < -0.4 is 5.32 Å². The Bertz CT molecular complexity index is 425. The van der Waals surface area contributed by atoms with E-state index in [0.717, 1.165) is 24.8 Å². The van der Waals surface area contributed by atoms with Crippen molar-refractivity contribution in [3.8, 4) is 0 Å². The number of aryl methyl sites for hydroxylation is 1. The first-order valence-electron chi connectivity index (χ1n) is 7.24. The Balaban J connectivity index is 2.05. The highest BCUT2D eigenvalue weighted by Gasteiger charge is 2.20. The van der Waals surface area contributed by atoms with Crippen LogP contribution in [0.15, 0.2) is 12.1 Å². The molecule has 0 heterocycles. The summed E-state index contributed by atoms with van der Waals surface area (Å²) in [5, 5.41) is 3.17. The Morgan fingerprint density at radius 2 is 1.89 bits per heavy atom. The highest BCUT2D eigenvalue weighted by molar-refractivity contribution is 5.28. The topological polar surface area (TPSA) is 12.0 Å². The van der Waals surface area contributed by atoms with Gasteiger partial charge in [0.05, 0.1) is 0 Å². The second-order valence-corrected chi connectivity index (χ2v) is 5.69. The lowest BCUT2D eigenvalue weighted by Gasteiger charge is -2.20. The lowest BCUT2D eigenvalue weighted by atomic mass is 9.94. The molecule has 0 saturated heterocycles. The van der Waals surface area contributed by atoms with Gasteiger partial charge in [-0.3, -0.25) is 0 Å². The van der Waals surface area contributed by atoms with Crippen LogP contribution in [-0.4, -0.2) is 7.05 Å². The molecule has 106 valence electrons. The number of benzene rings is 1. The highest BCUT2D eigenvalue weighted by Crippen LogP contribution is 2.32. The van der Waals surface area contributed by atoms with Crippen LogP contribution in [0.5, 0.6) is 0 Å². The Kier molecular flexibility index (Phi) is 4.92. The van der Waals surface area contributed by atoms with Gasteiger partial charge in [-0.15, -0.1) is 0 Å². The molecule has 1 aromatic carbocycles. The monoisotopic (exact) mass is 267 g/mol. The molecule has 2 rings (SSSR count). The van der Waals surface area contributed by atoms with Gasteiger partial charge in [0.25, 0.3) is 0 Å². The van der Waals surface area contributed by atoms with Gasteiger partial charge in [0, 0.05) is 17.7 Å². The molecule has 0 bridgehead atoms. The standard InChI is InChI=1S/C16H23F2N/c1-11-9-13(15(18)10-14(11)17)16(19-2)8-7-12-5-3-4-6-12/h9-10,12,16,19H,3-8H2,1-2H3. The van der Waals surface area contributed by atoms with E-state index in [1.807, 2.05) is 7.05 Å². The van der Waals surface area contributed by atoms with Crippen molar-refractivity contribution in [3.63, 3.8) is 0 Å².